The Labute approximate surface area is 223 Å². The maximum absolute atomic E-state index is 13.7. The maximum atomic E-state index is 13.7. The molecule has 1 aliphatic heterocycles. The summed E-state index contributed by atoms with van der Waals surface area (Å²) < 4.78 is 13.7. The van der Waals surface area contributed by atoms with Crippen LogP contribution < -0.4 is 10.2 Å². The number of carbonyl (C=O) groups is 1. The molecule has 2 fully saturated rings. The first kappa shape index (κ1) is 26.2. The molecule has 2 aromatic heterocycles. The van der Waals surface area contributed by atoms with Gasteiger partial charge in [0.25, 0.3) is 5.91 Å². The van der Waals surface area contributed by atoms with Gasteiger partial charge in [0.1, 0.15) is 10.7 Å². The minimum Gasteiger partial charge on any atom is -0.505 e. The predicted molar refractivity (Wildman–Crippen MR) is 144 cm³/mol. The number of carbonyl (C=O) groups excluding carboxylic acids is 1. The summed E-state index contributed by atoms with van der Waals surface area (Å²) in [6, 6.07) is 6.16. The van der Waals surface area contributed by atoms with E-state index in [0.29, 0.717) is 16.2 Å². The predicted octanol–water partition coefficient (Wildman–Crippen LogP) is 6.50. The minimum absolute atomic E-state index is 0. The monoisotopic (exact) mass is 556 g/mol. The number of hydrogen-bond acceptors (Lipinski definition) is 7. The number of hydrogen-bond donors (Lipinski definition) is 2. The van der Waals surface area contributed by atoms with E-state index in [4.69, 9.17) is 16.6 Å². The topological polar surface area (TPSA) is 68.7 Å². The van der Waals surface area contributed by atoms with Gasteiger partial charge in [0.2, 0.25) is 0 Å². The number of nitrogens with one attached hydrogen (secondary N) is 1. The molecule has 1 aliphatic carbocycles. The van der Waals surface area contributed by atoms with Gasteiger partial charge in [-0.3, -0.25) is 15.0 Å². The van der Waals surface area contributed by atoms with E-state index in [1.807, 2.05) is 11.4 Å². The fourth-order valence-electron chi connectivity index (χ4n) is 4.73. The van der Waals surface area contributed by atoms with Crippen molar-refractivity contribution < 1.29 is 14.3 Å². The smallest absolute Gasteiger partial charge is 0.257 e. The van der Waals surface area contributed by atoms with Crippen LogP contribution in [0.1, 0.15) is 42.5 Å². The highest BCUT2D eigenvalue weighted by molar-refractivity contribution is 7.21. The first-order chi connectivity index (χ1) is 16.5. The number of anilines is 2. The van der Waals surface area contributed by atoms with E-state index in [-0.39, 0.29) is 18.0 Å². The zero-order valence-corrected chi connectivity index (χ0v) is 22.2. The third kappa shape index (κ3) is 5.91. The van der Waals surface area contributed by atoms with Crippen molar-refractivity contribution in [3.05, 3.63) is 46.0 Å². The fraction of sp³-hybridized carbons (Fsp3) is 0.417. The van der Waals surface area contributed by atoms with Gasteiger partial charge in [-0.25, -0.2) is 9.37 Å². The van der Waals surface area contributed by atoms with Crippen LogP contribution in [0.15, 0.2) is 29.6 Å². The van der Waals surface area contributed by atoms with E-state index in [1.54, 1.807) is 0 Å². The molecule has 35 heavy (non-hydrogen) atoms. The van der Waals surface area contributed by atoms with Crippen molar-refractivity contribution in [3.63, 3.8) is 0 Å². The third-order valence-corrected chi connectivity index (χ3v) is 8.85. The zero-order chi connectivity index (χ0) is 23.7. The number of piperazine rings is 1. The van der Waals surface area contributed by atoms with Gasteiger partial charge in [-0.05, 0) is 37.1 Å². The first-order valence-corrected chi connectivity index (χ1v) is 13.6. The summed E-state index contributed by atoms with van der Waals surface area (Å²) in [4.78, 5) is 23.3. The molecule has 3 heterocycles. The highest BCUT2D eigenvalue weighted by Crippen LogP contribution is 2.42. The Morgan fingerprint density at radius 2 is 1.89 bits per heavy atom. The number of aromatic nitrogens is 1. The molecular formula is C24H27Cl2FN4O2S2. The lowest BCUT2D eigenvalue weighted by atomic mass is 9.94. The molecule has 2 aliphatic rings. The van der Waals surface area contributed by atoms with E-state index in [9.17, 15) is 14.3 Å². The average Bonchev–Trinajstić information content (AvgIpc) is 3.47. The van der Waals surface area contributed by atoms with Crippen molar-refractivity contribution in [2.45, 2.75) is 38.1 Å². The number of benzene rings is 1. The van der Waals surface area contributed by atoms with E-state index in [0.717, 1.165) is 47.8 Å². The normalized spacial score (nSPS) is 17.3. The van der Waals surface area contributed by atoms with Gasteiger partial charge < -0.3 is 10.0 Å². The lowest BCUT2D eigenvalue weighted by Gasteiger charge is -2.41. The lowest BCUT2D eigenvalue weighted by molar-refractivity contribution is 0.102. The molecule has 0 spiro atoms. The average molecular weight is 558 g/mol. The molecular weight excluding hydrogens is 530 g/mol. The van der Waals surface area contributed by atoms with E-state index in [2.05, 4.69) is 15.1 Å². The molecule has 1 saturated carbocycles. The molecule has 5 rings (SSSR count). The van der Waals surface area contributed by atoms with Gasteiger partial charge in [-0.1, -0.05) is 42.2 Å². The number of thiazole rings is 1. The number of thiophene rings is 1. The molecule has 6 nitrogen and oxygen atoms in total. The van der Waals surface area contributed by atoms with Crippen LogP contribution in [0.4, 0.5) is 14.5 Å². The standard InChI is InChI=1S/C24H26ClFN4O2S2.ClH/c25-16-13-20(33-14-16)21-23(30-10-8-29(9-11-30)17-4-2-1-3-5-17)34-24(27-21)28-22(32)15-6-7-19(31)18(26)12-15;/h6-7,12-14,17,31H,1-5,8-11H2,(H,27,28,32);1H. The Morgan fingerprint density at radius 1 is 1.14 bits per heavy atom. The Hall–Kier alpha value is -1.91. The molecule has 2 N–H and O–H groups in total. The van der Waals surface area contributed by atoms with Crippen LogP contribution in [-0.2, 0) is 0 Å². The van der Waals surface area contributed by atoms with Crippen LogP contribution in [0.5, 0.6) is 5.75 Å². The van der Waals surface area contributed by atoms with Crippen molar-refractivity contribution >= 4 is 62.7 Å². The summed E-state index contributed by atoms with van der Waals surface area (Å²) in [5.41, 5.74) is 0.925. The number of aromatic hydroxyl groups is 1. The molecule has 0 atom stereocenters. The fourth-order valence-corrected chi connectivity index (χ4v) is 6.89. The number of phenols is 1. The Bertz CT molecular complexity index is 1170. The molecule has 1 amide bonds. The Morgan fingerprint density at radius 3 is 2.54 bits per heavy atom. The van der Waals surface area contributed by atoms with Crippen molar-refractivity contribution in [3.8, 4) is 16.3 Å². The van der Waals surface area contributed by atoms with Gasteiger partial charge in [-0.2, -0.15) is 0 Å². The van der Waals surface area contributed by atoms with Crippen LogP contribution >= 0.6 is 46.7 Å². The van der Waals surface area contributed by atoms with Crippen molar-refractivity contribution in [1.82, 2.24) is 9.88 Å². The van der Waals surface area contributed by atoms with Crippen LogP contribution in [-0.4, -0.2) is 53.1 Å². The van der Waals surface area contributed by atoms with E-state index in [1.165, 1.54) is 66.9 Å². The second-order valence-electron chi connectivity index (χ2n) is 8.74. The quantitative estimate of drug-likeness (QED) is 0.375. The van der Waals surface area contributed by atoms with Crippen molar-refractivity contribution in [2.24, 2.45) is 0 Å². The number of halogens is 3. The van der Waals surface area contributed by atoms with Gasteiger partial charge in [0.05, 0.1) is 9.90 Å². The number of amides is 1. The molecule has 188 valence electrons. The second kappa shape index (κ2) is 11.4. The molecule has 0 unspecified atom stereocenters. The lowest BCUT2D eigenvalue weighted by Crippen LogP contribution is -2.50. The summed E-state index contributed by atoms with van der Waals surface area (Å²) in [6.45, 7) is 3.84. The maximum Gasteiger partial charge on any atom is 0.257 e. The largest absolute Gasteiger partial charge is 0.505 e. The SMILES string of the molecule is Cl.O=C(Nc1nc(-c2cc(Cl)cs2)c(N2CCN(C3CCCCC3)CC2)s1)c1ccc(O)c(F)c1. The molecule has 0 radical (unpaired) electrons. The number of phenolic OH excluding ortho intramolecular Hbond substituents is 1. The molecule has 11 heteroatoms. The molecule has 1 aromatic carbocycles. The highest BCUT2D eigenvalue weighted by Gasteiger charge is 2.28. The number of rotatable bonds is 5. The molecule has 3 aromatic rings. The minimum atomic E-state index is -0.836. The summed E-state index contributed by atoms with van der Waals surface area (Å²) in [5, 5.41) is 16.2. The van der Waals surface area contributed by atoms with E-state index < -0.39 is 17.5 Å². The summed E-state index contributed by atoms with van der Waals surface area (Å²) in [5.74, 6) is -1.80. The summed E-state index contributed by atoms with van der Waals surface area (Å²) in [7, 11) is 0. The summed E-state index contributed by atoms with van der Waals surface area (Å²) in [6.07, 6.45) is 6.62. The van der Waals surface area contributed by atoms with Crippen molar-refractivity contribution in [1.29, 1.82) is 0 Å². The van der Waals surface area contributed by atoms with Gasteiger partial charge >= 0.3 is 0 Å². The van der Waals surface area contributed by atoms with Crippen molar-refractivity contribution in [2.75, 3.05) is 36.4 Å². The van der Waals surface area contributed by atoms with Crippen LogP contribution in [0.3, 0.4) is 0 Å². The Balaban J connectivity index is 0.00000289. The Kier molecular flexibility index (Phi) is 8.54. The zero-order valence-electron chi connectivity index (χ0n) is 19.0. The summed E-state index contributed by atoms with van der Waals surface area (Å²) >= 11 is 9.14. The van der Waals surface area contributed by atoms with Crippen LogP contribution in [0.2, 0.25) is 5.02 Å². The van der Waals surface area contributed by atoms with Gasteiger partial charge in [0, 0.05) is 43.2 Å². The van der Waals surface area contributed by atoms with Gasteiger partial charge in [0.15, 0.2) is 16.7 Å². The third-order valence-electron chi connectivity index (χ3n) is 6.53. The molecule has 1 saturated heterocycles. The second-order valence-corrected chi connectivity index (χ2v) is 11.1. The first-order valence-electron chi connectivity index (χ1n) is 11.5. The van der Waals surface area contributed by atoms with Gasteiger partial charge in [-0.15, -0.1) is 23.7 Å². The van der Waals surface area contributed by atoms with E-state index >= 15 is 0 Å². The molecule has 0 bridgehead atoms. The number of nitrogens with zero attached hydrogens (tertiary/aromatic N) is 3. The highest BCUT2D eigenvalue weighted by atomic mass is 35.5. The van der Waals surface area contributed by atoms with Crippen LogP contribution in [0, 0.1) is 5.82 Å². The van der Waals surface area contributed by atoms with Crippen LogP contribution in [0.25, 0.3) is 10.6 Å².